The van der Waals surface area contributed by atoms with Crippen LogP contribution in [0.2, 0.25) is 0 Å². The molecule has 6 nitrogen and oxygen atoms in total. The van der Waals surface area contributed by atoms with Crippen molar-refractivity contribution in [1.29, 1.82) is 0 Å². The highest BCUT2D eigenvalue weighted by atomic mass is 16.2. The molecule has 2 amide bonds. The monoisotopic (exact) mass is 302 g/mol. The first-order valence-corrected chi connectivity index (χ1v) is 8.29. The van der Waals surface area contributed by atoms with Gasteiger partial charge in [-0.15, -0.1) is 0 Å². The second-order valence-corrected chi connectivity index (χ2v) is 6.84. The third-order valence-electron chi connectivity index (χ3n) is 5.16. The van der Waals surface area contributed by atoms with Crippen molar-refractivity contribution in [3.05, 3.63) is 18.2 Å². The summed E-state index contributed by atoms with van der Waals surface area (Å²) in [7, 11) is 0. The molecule has 2 fully saturated rings. The lowest BCUT2D eigenvalue weighted by atomic mass is 9.84. The van der Waals surface area contributed by atoms with Crippen LogP contribution in [0.5, 0.6) is 0 Å². The maximum Gasteiger partial charge on any atom is 0.244 e. The van der Waals surface area contributed by atoms with Crippen LogP contribution in [0.15, 0.2) is 12.5 Å². The van der Waals surface area contributed by atoms with E-state index in [9.17, 15) is 9.59 Å². The summed E-state index contributed by atoms with van der Waals surface area (Å²) in [4.78, 5) is 31.0. The van der Waals surface area contributed by atoms with Gasteiger partial charge >= 0.3 is 0 Å². The summed E-state index contributed by atoms with van der Waals surface area (Å²) < 4.78 is 1.92. The minimum Gasteiger partial charge on any atom is -0.354 e. The Morgan fingerprint density at radius 3 is 2.77 bits per heavy atom. The van der Waals surface area contributed by atoms with Crippen LogP contribution in [0, 0.1) is 11.8 Å². The maximum atomic E-state index is 12.5. The van der Waals surface area contributed by atoms with E-state index in [0.717, 1.165) is 31.5 Å². The highest BCUT2D eigenvalue weighted by Gasteiger charge is 2.36. The van der Waals surface area contributed by atoms with Crippen molar-refractivity contribution in [2.75, 3.05) is 13.1 Å². The van der Waals surface area contributed by atoms with Gasteiger partial charge in [-0.2, -0.15) is 0 Å². The van der Waals surface area contributed by atoms with Crippen molar-refractivity contribution < 1.29 is 9.59 Å². The molecule has 1 aromatic heterocycles. The molecule has 1 aromatic rings. The van der Waals surface area contributed by atoms with Crippen molar-refractivity contribution >= 4 is 11.8 Å². The molecule has 0 saturated heterocycles. The molecular formula is C16H22N4O2. The Morgan fingerprint density at radius 1 is 1.27 bits per heavy atom. The molecule has 0 radical (unpaired) electrons. The summed E-state index contributed by atoms with van der Waals surface area (Å²) in [6.07, 6.45) is 9.04. The highest BCUT2D eigenvalue weighted by Crippen LogP contribution is 2.31. The summed E-state index contributed by atoms with van der Waals surface area (Å²) >= 11 is 0. The van der Waals surface area contributed by atoms with E-state index in [0.29, 0.717) is 19.0 Å². The lowest BCUT2D eigenvalue weighted by Gasteiger charge is -2.37. The van der Waals surface area contributed by atoms with Crippen LogP contribution in [0.3, 0.4) is 0 Å². The van der Waals surface area contributed by atoms with Crippen molar-refractivity contribution in [3.63, 3.8) is 0 Å². The van der Waals surface area contributed by atoms with Gasteiger partial charge in [0.15, 0.2) is 0 Å². The van der Waals surface area contributed by atoms with Crippen molar-refractivity contribution in [1.82, 2.24) is 19.8 Å². The average molecular weight is 302 g/mol. The summed E-state index contributed by atoms with van der Waals surface area (Å²) in [5.74, 6) is 1.04. The van der Waals surface area contributed by atoms with Gasteiger partial charge < -0.3 is 14.8 Å². The molecule has 0 unspecified atom stereocenters. The predicted molar refractivity (Wildman–Crippen MR) is 79.8 cm³/mol. The fourth-order valence-electron chi connectivity index (χ4n) is 3.27. The minimum absolute atomic E-state index is 0.0114. The molecule has 6 heteroatoms. The van der Waals surface area contributed by atoms with E-state index in [1.165, 1.54) is 12.8 Å². The zero-order valence-corrected chi connectivity index (χ0v) is 12.7. The standard InChI is InChI=1S/C16H22N4O2/c21-15(18-6-11-4-5-11)14-9-19(16(22)12-2-1-3-12)8-13-7-17-10-20(13)14/h7,10-12,14H,1-6,8-9H2,(H,18,21)/t14-/m0/s1. The third-order valence-corrected chi connectivity index (χ3v) is 5.16. The van der Waals surface area contributed by atoms with Crippen LogP contribution in [0.25, 0.3) is 0 Å². The quantitative estimate of drug-likeness (QED) is 0.905. The number of amides is 2. The molecule has 118 valence electrons. The molecule has 0 bridgehead atoms. The van der Waals surface area contributed by atoms with E-state index in [2.05, 4.69) is 10.3 Å². The van der Waals surface area contributed by atoms with Crippen LogP contribution in [-0.2, 0) is 16.1 Å². The number of hydrogen-bond acceptors (Lipinski definition) is 3. The van der Waals surface area contributed by atoms with Gasteiger partial charge in [-0.3, -0.25) is 9.59 Å². The Labute approximate surface area is 129 Å². The van der Waals surface area contributed by atoms with E-state index in [-0.39, 0.29) is 23.8 Å². The molecule has 2 heterocycles. The Hall–Kier alpha value is -1.85. The van der Waals surface area contributed by atoms with Crippen molar-refractivity contribution in [2.45, 2.75) is 44.7 Å². The topological polar surface area (TPSA) is 67.2 Å². The summed E-state index contributed by atoms with van der Waals surface area (Å²) in [6, 6.07) is -0.339. The van der Waals surface area contributed by atoms with Crippen molar-refractivity contribution in [3.8, 4) is 0 Å². The molecule has 1 atom stereocenters. The van der Waals surface area contributed by atoms with Gasteiger partial charge in [-0.1, -0.05) is 6.42 Å². The number of imidazole rings is 1. The smallest absolute Gasteiger partial charge is 0.244 e. The summed E-state index contributed by atoms with van der Waals surface area (Å²) in [5.41, 5.74) is 0.950. The number of rotatable bonds is 4. The second-order valence-electron chi connectivity index (χ2n) is 6.84. The molecular weight excluding hydrogens is 280 g/mol. The van der Waals surface area contributed by atoms with Gasteiger partial charge in [0.05, 0.1) is 25.1 Å². The van der Waals surface area contributed by atoms with Gasteiger partial charge in [0.2, 0.25) is 11.8 Å². The fraction of sp³-hybridized carbons (Fsp3) is 0.688. The molecule has 2 saturated carbocycles. The zero-order valence-electron chi connectivity index (χ0n) is 12.7. The normalized spacial score (nSPS) is 24.5. The van der Waals surface area contributed by atoms with Crippen LogP contribution in [0.1, 0.15) is 43.8 Å². The first-order valence-electron chi connectivity index (χ1n) is 8.29. The molecule has 1 N–H and O–H groups in total. The molecule has 0 aromatic carbocycles. The fourth-order valence-corrected chi connectivity index (χ4v) is 3.27. The van der Waals surface area contributed by atoms with Crippen LogP contribution in [-0.4, -0.2) is 39.4 Å². The Kier molecular flexibility index (Phi) is 3.39. The van der Waals surface area contributed by atoms with E-state index in [4.69, 9.17) is 0 Å². The number of nitrogens with zero attached hydrogens (tertiary/aromatic N) is 3. The number of fused-ring (bicyclic) bond motifs is 1. The first kappa shape index (κ1) is 13.8. The van der Waals surface area contributed by atoms with Gasteiger partial charge in [0.25, 0.3) is 0 Å². The molecule has 1 aliphatic heterocycles. The molecule has 3 aliphatic rings. The zero-order chi connectivity index (χ0) is 15.1. The van der Waals surface area contributed by atoms with Crippen LogP contribution >= 0.6 is 0 Å². The number of nitrogens with one attached hydrogen (secondary N) is 1. The maximum absolute atomic E-state index is 12.5. The average Bonchev–Trinajstić information content (AvgIpc) is 3.17. The van der Waals surface area contributed by atoms with Gasteiger partial charge in [0.1, 0.15) is 6.04 Å². The number of carbonyl (C=O) groups excluding carboxylic acids is 2. The molecule has 0 spiro atoms. The molecule has 22 heavy (non-hydrogen) atoms. The highest BCUT2D eigenvalue weighted by molar-refractivity contribution is 5.84. The Balaban J connectivity index is 1.49. The Bertz CT molecular complexity index is 589. The summed E-state index contributed by atoms with van der Waals surface area (Å²) in [6.45, 7) is 1.80. The third kappa shape index (κ3) is 2.51. The van der Waals surface area contributed by atoms with E-state index < -0.39 is 0 Å². The first-order chi connectivity index (χ1) is 10.7. The van der Waals surface area contributed by atoms with Gasteiger partial charge in [-0.25, -0.2) is 4.98 Å². The Morgan fingerprint density at radius 2 is 2.09 bits per heavy atom. The van der Waals surface area contributed by atoms with Crippen LogP contribution < -0.4 is 5.32 Å². The lowest BCUT2D eigenvalue weighted by molar-refractivity contribution is -0.141. The van der Waals surface area contributed by atoms with Crippen molar-refractivity contribution in [2.24, 2.45) is 11.8 Å². The number of aromatic nitrogens is 2. The number of carbonyl (C=O) groups is 2. The van der Waals surface area contributed by atoms with E-state index >= 15 is 0 Å². The molecule has 2 aliphatic carbocycles. The van der Waals surface area contributed by atoms with Crippen LogP contribution in [0.4, 0.5) is 0 Å². The summed E-state index contributed by atoms with van der Waals surface area (Å²) in [5, 5.41) is 3.04. The largest absolute Gasteiger partial charge is 0.354 e. The van der Waals surface area contributed by atoms with E-state index in [1.807, 2.05) is 9.47 Å². The second kappa shape index (κ2) is 5.41. The SMILES string of the molecule is O=C(NCC1CC1)[C@@H]1CN(C(=O)C2CCC2)Cc2cncn21. The predicted octanol–water partition coefficient (Wildman–Crippen LogP) is 1.09. The molecule has 4 rings (SSSR count). The van der Waals surface area contributed by atoms with Gasteiger partial charge in [0, 0.05) is 18.7 Å². The van der Waals surface area contributed by atoms with Gasteiger partial charge in [-0.05, 0) is 31.6 Å². The lowest BCUT2D eigenvalue weighted by Crippen LogP contribution is -2.49. The number of hydrogen-bond donors (Lipinski definition) is 1. The minimum atomic E-state index is -0.339. The van der Waals surface area contributed by atoms with E-state index in [1.54, 1.807) is 12.5 Å².